The zero-order chi connectivity index (χ0) is 14.0. The minimum absolute atomic E-state index is 0.0365. The van der Waals surface area contributed by atoms with Crippen LogP contribution in [0.25, 0.3) is 0 Å². The molecule has 0 atom stereocenters. The predicted molar refractivity (Wildman–Crippen MR) is 71.1 cm³/mol. The van der Waals surface area contributed by atoms with Crippen molar-refractivity contribution in [1.29, 1.82) is 0 Å². The quantitative estimate of drug-likeness (QED) is 0.856. The summed E-state index contributed by atoms with van der Waals surface area (Å²) in [6.07, 6.45) is 1.42. The molecule has 0 aliphatic heterocycles. The number of anilines is 2. The maximum Gasteiger partial charge on any atom is 0.166 e. The fraction of sp³-hybridized carbons (Fsp3) is 0.167. The van der Waals surface area contributed by atoms with Crippen molar-refractivity contribution in [2.24, 2.45) is 0 Å². The molecule has 0 radical (unpaired) electrons. The predicted octanol–water partition coefficient (Wildman–Crippen LogP) is 4.37. The average Bonchev–Trinajstić information content (AvgIpc) is 2.39. The Morgan fingerprint density at radius 3 is 2.53 bits per heavy atom. The van der Waals surface area contributed by atoms with Crippen LogP contribution >= 0.6 is 23.2 Å². The van der Waals surface area contributed by atoms with Gasteiger partial charge in [-0.3, -0.25) is 0 Å². The smallest absolute Gasteiger partial charge is 0.166 e. The molecule has 19 heavy (non-hydrogen) atoms. The van der Waals surface area contributed by atoms with Crippen molar-refractivity contribution in [2.45, 2.75) is 13.3 Å². The molecule has 0 aliphatic rings. The van der Waals surface area contributed by atoms with Crippen molar-refractivity contribution in [3.63, 3.8) is 0 Å². The van der Waals surface area contributed by atoms with Crippen molar-refractivity contribution in [3.05, 3.63) is 45.8 Å². The van der Waals surface area contributed by atoms with Gasteiger partial charge in [-0.15, -0.1) is 0 Å². The van der Waals surface area contributed by atoms with Gasteiger partial charge in [-0.2, -0.15) is 0 Å². The second-order valence-electron chi connectivity index (χ2n) is 3.70. The van der Waals surface area contributed by atoms with E-state index in [1.165, 1.54) is 12.1 Å². The summed E-state index contributed by atoms with van der Waals surface area (Å²) in [5.41, 5.74) is 0.585. The molecule has 0 amide bonds. The minimum Gasteiger partial charge on any atom is -0.337 e. The summed E-state index contributed by atoms with van der Waals surface area (Å²) in [5, 5.41) is 2.57. The number of nitrogens with zero attached hydrogens (tertiary/aromatic N) is 2. The summed E-state index contributed by atoms with van der Waals surface area (Å²) in [6.45, 7) is 1.76. The standard InChI is InChI=1S/C12H9Cl2F2N3/c1-2-7-9(16)11(13)19-12(14)10(7)18-8-4-3-6(15)5-17-8/h3-5H,2H2,1H3,(H,17,18). The molecule has 0 saturated carbocycles. The van der Waals surface area contributed by atoms with Gasteiger partial charge in [0.05, 0.1) is 11.9 Å². The van der Waals surface area contributed by atoms with Crippen molar-refractivity contribution < 1.29 is 8.78 Å². The highest BCUT2D eigenvalue weighted by atomic mass is 35.5. The molecule has 7 heteroatoms. The zero-order valence-corrected chi connectivity index (χ0v) is 11.4. The van der Waals surface area contributed by atoms with Crippen molar-refractivity contribution in [2.75, 3.05) is 5.32 Å². The number of aromatic nitrogens is 2. The molecule has 2 heterocycles. The maximum atomic E-state index is 13.8. The summed E-state index contributed by atoms with van der Waals surface area (Å²) in [4.78, 5) is 7.50. The van der Waals surface area contributed by atoms with Crippen LogP contribution in [0.2, 0.25) is 10.3 Å². The Morgan fingerprint density at radius 2 is 1.95 bits per heavy atom. The summed E-state index contributed by atoms with van der Waals surface area (Å²) in [6, 6.07) is 2.65. The normalized spacial score (nSPS) is 10.6. The molecule has 0 aliphatic carbocycles. The molecule has 0 spiro atoms. The first kappa shape index (κ1) is 14.0. The Morgan fingerprint density at radius 1 is 1.21 bits per heavy atom. The Kier molecular flexibility index (Phi) is 4.17. The highest BCUT2D eigenvalue weighted by Gasteiger charge is 2.17. The number of rotatable bonds is 3. The Hall–Kier alpha value is -1.46. The molecule has 0 aromatic carbocycles. The molecular weight excluding hydrogens is 295 g/mol. The fourth-order valence-corrected chi connectivity index (χ4v) is 2.07. The molecule has 0 saturated heterocycles. The summed E-state index contributed by atoms with van der Waals surface area (Å²) in [5.74, 6) is -0.757. The van der Waals surface area contributed by atoms with E-state index in [1.807, 2.05) is 0 Å². The van der Waals surface area contributed by atoms with E-state index in [4.69, 9.17) is 23.2 Å². The van der Waals surface area contributed by atoms with E-state index in [0.717, 1.165) is 6.20 Å². The minimum atomic E-state index is -0.627. The maximum absolute atomic E-state index is 13.8. The van der Waals surface area contributed by atoms with Gasteiger partial charge in [-0.25, -0.2) is 18.7 Å². The first-order valence-electron chi connectivity index (χ1n) is 5.44. The van der Waals surface area contributed by atoms with Crippen LogP contribution in [0.5, 0.6) is 0 Å². The molecule has 0 fully saturated rings. The Labute approximate surface area is 118 Å². The van der Waals surface area contributed by atoms with Crippen LogP contribution < -0.4 is 5.32 Å². The fourth-order valence-electron chi connectivity index (χ4n) is 1.59. The van der Waals surface area contributed by atoms with Crippen LogP contribution in [0.1, 0.15) is 12.5 Å². The van der Waals surface area contributed by atoms with Gasteiger partial charge < -0.3 is 5.32 Å². The lowest BCUT2D eigenvalue weighted by Gasteiger charge is -2.13. The van der Waals surface area contributed by atoms with E-state index < -0.39 is 11.6 Å². The molecular formula is C12H9Cl2F2N3. The van der Waals surface area contributed by atoms with Crippen LogP contribution in [0.4, 0.5) is 20.3 Å². The van der Waals surface area contributed by atoms with Gasteiger partial charge in [0.15, 0.2) is 16.1 Å². The van der Waals surface area contributed by atoms with Crippen molar-refractivity contribution in [1.82, 2.24) is 9.97 Å². The van der Waals surface area contributed by atoms with E-state index in [-0.39, 0.29) is 16.0 Å². The first-order valence-corrected chi connectivity index (χ1v) is 6.20. The molecule has 3 nitrogen and oxygen atoms in total. The number of hydrogen-bond acceptors (Lipinski definition) is 3. The molecule has 2 aromatic heterocycles. The summed E-state index contributed by atoms with van der Waals surface area (Å²) < 4.78 is 26.6. The van der Waals surface area contributed by atoms with Crippen LogP contribution in [-0.4, -0.2) is 9.97 Å². The first-order chi connectivity index (χ1) is 9.02. The number of pyridine rings is 2. The highest BCUT2D eigenvalue weighted by molar-refractivity contribution is 6.34. The van der Waals surface area contributed by atoms with Gasteiger partial charge in [0.2, 0.25) is 0 Å². The number of halogens is 4. The van der Waals surface area contributed by atoms with Gasteiger partial charge in [0.25, 0.3) is 0 Å². The van der Waals surface area contributed by atoms with E-state index in [2.05, 4.69) is 15.3 Å². The molecule has 1 N–H and O–H groups in total. The van der Waals surface area contributed by atoms with Gasteiger partial charge in [-0.05, 0) is 18.6 Å². The van der Waals surface area contributed by atoms with E-state index in [1.54, 1.807) is 6.92 Å². The average molecular weight is 304 g/mol. The lowest BCUT2D eigenvalue weighted by Crippen LogP contribution is -2.03. The van der Waals surface area contributed by atoms with Crippen LogP contribution in [0.15, 0.2) is 18.3 Å². The topological polar surface area (TPSA) is 37.8 Å². The lowest BCUT2D eigenvalue weighted by molar-refractivity contribution is 0.607. The molecule has 2 aromatic rings. The Balaban J connectivity index is 2.44. The van der Waals surface area contributed by atoms with Crippen LogP contribution in [-0.2, 0) is 6.42 Å². The molecule has 0 unspecified atom stereocenters. The third-order valence-electron chi connectivity index (χ3n) is 2.48. The molecule has 0 bridgehead atoms. The molecule has 100 valence electrons. The second-order valence-corrected chi connectivity index (χ2v) is 4.42. The number of nitrogens with one attached hydrogen (secondary N) is 1. The van der Waals surface area contributed by atoms with E-state index in [9.17, 15) is 8.78 Å². The highest BCUT2D eigenvalue weighted by Crippen LogP contribution is 2.32. The van der Waals surface area contributed by atoms with Gasteiger partial charge in [-0.1, -0.05) is 30.1 Å². The monoisotopic (exact) mass is 303 g/mol. The van der Waals surface area contributed by atoms with Gasteiger partial charge in [0.1, 0.15) is 11.6 Å². The third kappa shape index (κ3) is 2.93. The van der Waals surface area contributed by atoms with Gasteiger partial charge in [0, 0.05) is 5.56 Å². The van der Waals surface area contributed by atoms with E-state index in [0.29, 0.717) is 17.8 Å². The SMILES string of the molecule is CCc1c(F)c(Cl)nc(Cl)c1Nc1ccc(F)cn1. The van der Waals surface area contributed by atoms with Crippen LogP contribution in [0, 0.1) is 11.6 Å². The summed E-state index contributed by atoms with van der Waals surface area (Å²) in [7, 11) is 0. The van der Waals surface area contributed by atoms with Gasteiger partial charge >= 0.3 is 0 Å². The second kappa shape index (κ2) is 5.67. The number of hydrogen-bond donors (Lipinski definition) is 1. The lowest BCUT2D eigenvalue weighted by atomic mass is 10.1. The molecule has 2 rings (SSSR count). The third-order valence-corrected chi connectivity index (χ3v) is 3.01. The summed E-state index contributed by atoms with van der Waals surface area (Å²) >= 11 is 11.6. The Bertz CT molecular complexity index is 603. The zero-order valence-electron chi connectivity index (χ0n) is 9.85. The van der Waals surface area contributed by atoms with Crippen LogP contribution in [0.3, 0.4) is 0 Å². The van der Waals surface area contributed by atoms with E-state index >= 15 is 0 Å². The van der Waals surface area contributed by atoms with Crippen molar-refractivity contribution >= 4 is 34.7 Å². The largest absolute Gasteiger partial charge is 0.337 e. The van der Waals surface area contributed by atoms with Crippen molar-refractivity contribution in [3.8, 4) is 0 Å².